The van der Waals surface area contributed by atoms with Crippen molar-refractivity contribution in [1.29, 1.82) is 5.26 Å². The zero-order valence-electron chi connectivity index (χ0n) is 9.88. The Morgan fingerprint density at radius 2 is 1.94 bits per heavy atom. The van der Waals surface area contributed by atoms with E-state index in [-0.39, 0.29) is 5.78 Å². The van der Waals surface area contributed by atoms with E-state index in [2.05, 4.69) is 0 Å². The van der Waals surface area contributed by atoms with Gasteiger partial charge in [0, 0.05) is 0 Å². The SMILES string of the molecule is Cc1ccc(C(=O)/C=C\c2ccc(C#N)cc2)o1. The second-order valence-electron chi connectivity index (χ2n) is 3.84. The number of nitriles is 1. The highest BCUT2D eigenvalue weighted by molar-refractivity contribution is 6.04. The maximum absolute atomic E-state index is 11.7. The normalized spacial score (nSPS) is 10.4. The van der Waals surface area contributed by atoms with E-state index < -0.39 is 0 Å². The minimum Gasteiger partial charge on any atom is -0.458 e. The van der Waals surface area contributed by atoms with Gasteiger partial charge in [-0.3, -0.25) is 4.79 Å². The molecule has 0 N–H and O–H groups in total. The summed E-state index contributed by atoms with van der Waals surface area (Å²) < 4.78 is 5.23. The first kappa shape index (κ1) is 11.9. The molecule has 0 atom stereocenters. The Morgan fingerprint density at radius 3 is 2.50 bits per heavy atom. The lowest BCUT2D eigenvalue weighted by atomic mass is 10.1. The van der Waals surface area contributed by atoms with Gasteiger partial charge in [-0.2, -0.15) is 5.26 Å². The van der Waals surface area contributed by atoms with Gasteiger partial charge in [0.1, 0.15) is 5.76 Å². The summed E-state index contributed by atoms with van der Waals surface area (Å²) in [5.74, 6) is 0.870. The van der Waals surface area contributed by atoms with Gasteiger partial charge in [-0.05, 0) is 42.8 Å². The summed E-state index contributed by atoms with van der Waals surface area (Å²) in [6.07, 6.45) is 3.15. The second kappa shape index (κ2) is 5.15. The van der Waals surface area contributed by atoms with Crippen molar-refractivity contribution in [3.05, 3.63) is 65.1 Å². The van der Waals surface area contributed by atoms with Gasteiger partial charge in [-0.25, -0.2) is 0 Å². The molecule has 1 heterocycles. The maximum atomic E-state index is 11.7. The van der Waals surface area contributed by atoms with Crippen LogP contribution in [0.25, 0.3) is 6.08 Å². The molecule has 0 unspecified atom stereocenters. The van der Waals surface area contributed by atoms with Crippen molar-refractivity contribution in [1.82, 2.24) is 0 Å². The molecule has 0 saturated carbocycles. The lowest BCUT2D eigenvalue weighted by Gasteiger charge is -1.93. The minimum absolute atomic E-state index is 0.174. The lowest BCUT2D eigenvalue weighted by Crippen LogP contribution is -1.90. The number of ketones is 1. The van der Waals surface area contributed by atoms with Crippen molar-refractivity contribution in [3.63, 3.8) is 0 Å². The number of hydrogen-bond donors (Lipinski definition) is 0. The third-order valence-electron chi connectivity index (χ3n) is 2.45. The van der Waals surface area contributed by atoms with Crippen LogP contribution in [-0.4, -0.2) is 5.78 Å². The first-order valence-electron chi connectivity index (χ1n) is 5.48. The number of furan rings is 1. The van der Waals surface area contributed by atoms with E-state index in [0.717, 1.165) is 5.56 Å². The molecule has 0 aliphatic rings. The van der Waals surface area contributed by atoms with Crippen LogP contribution in [0, 0.1) is 18.3 Å². The molecule has 88 valence electrons. The van der Waals surface area contributed by atoms with Gasteiger partial charge < -0.3 is 4.42 Å². The van der Waals surface area contributed by atoms with Crippen molar-refractivity contribution >= 4 is 11.9 Å². The average molecular weight is 237 g/mol. The lowest BCUT2D eigenvalue weighted by molar-refractivity contribution is 0.102. The molecular formula is C15H11NO2. The molecule has 0 radical (unpaired) electrons. The van der Waals surface area contributed by atoms with Crippen molar-refractivity contribution in [2.45, 2.75) is 6.92 Å². The highest BCUT2D eigenvalue weighted by atomic mass is 16.3. The molecule has 0 aliphatic heterocycles. The third-order valence-corrected chi connectivity index (χ3v) is 2.45. The summed E-state index contributed by atoms with van der Waals surface area (Å²) in [5, 5.41) is 8.66. The van der Waals surface area contributed by atoms with Crippen LogP contribution < -0.4 is 0 Å². The molecule has 1 aromatic heterocycles. The van der Waals surface area contributed by atoms with Crippen LogP contribution in [0.2, 0.25) is 0 Å². The number of carbonyl (C=O) groups excluding carboxylic acids is 1. The zero-order valence-corrected chi connectivity index (χ0v) is 9.88. The Hall–Kier alpha value is -2.60. The van der Waals surface area contributed by atoms with Crippen LogP contribution in [0.3, 0.4) is 0 Å². The monoisotopic (exact) mass is 237 g/mol. The summed E-state index contributed by atoms with van der Waals surface area (Å²) in [6.45, 7) is 1.79. The molecule has 0 bridgehead atoms. The fourth-order valence-electron chi connectivity index (χ4n) is 1.49. The molecule has 3 heteroatoms. The van der Waals surface area contributed by atoms with Crippen molar-refractivity contribution in [3.8, 4) is 6.07 Å². The molecule has 0 amide bonds. The Bertz CT molecular complexity index is 627. The largest absolute Gasteiger partial charge is 0.458 e. The smallest absolute Gasteiger partial charge is 0.221 e. The number of rotatable bonds is 3. The maximum Gasteiger partial charge on any atom is 0.221 e. The molecule has 2 rings (SSSR count). The van der Waals surface area contributed by atoms with Gasteiger partial charge >= 0.3 is 0 Å². The van der Waals surface area contributed by atoms with E-state index in [1.165, 1.54) is 6.08 Å². The van der Waals surface area contributed by atoms with Crippen LogP contribution in [0.1, 0.15) is 27.4 Å². The van der Waals surface area contributed by atoms with Gasteiger partial charge in [0.25, 0.3) is 0 Å². The standard InChI is InChI=1S/C15H11NO2/c1-11-2-9-15(18-11)14(17)8-7-12-3-5-13(10-16)6-4-12/h2-9H,1H3/b8-7-. The predicted octanol–water partition coefficient (Wildman–Crippen LogP) is 3.36. The highest BCUT2D eigenvalue weighted by Crippen LogP contribution is 2.10. The summed E-state index contributed by atoms with van der Waals surface area (Å²) in [7, 11) is 0. The quantitative estimate of drug-likeness (QED) is 0.607. The van der Waals surface area contributed by atoms with Crippen molar-refractivity contribution < 1.29 is 9.21 Å². The van der Waals surface area contributed by atoms with Crippen LogP contribution >= 0.6 is 0 Å². The van der Waals surface area contributed by atoms with E-state index in [0.29, 0.717) is 17.1 Å². The number of nitrogens with zero attached hydrogens (tertiary/aromatic N) is 1. The van der Waals surface area contributed by atoms with Crippen molar-refractivity contribution in [2.75, 3.05) is 0 Å². The van der Waals surface area contributed by atoms with Gasteiger partial charge in [0.15, 0.2) is 5.76 Å². The Kier molecular flexibility index (Phi) is 3.40. The van der Waals surface area contributed by atoms with E-state index in [1.54, 1.807) is 49.4 Å². The molecule has 2 aromatic rings. The van der Waals surface area contributed by atoms with Gasteiger partial charge in [-0.1, -0.05) is 18.2 Å². The predicted molar refractivity (Wildman–Crippen MR) is 68.0 cm³/mol. The van der Waals surface area contributed by atoms with Crippen LogP contribution in [0.5, 0.6) is 0 Å². The molecular weight excluding hydrogens is 226 g/mol. The molecule has 1 aromatic carbocycles. The Balaban J connectivity index is 2.11. The first-order valence-corrected chi connectivity index (χ1v) is 5.48. The fraction of sp³-hybridized carbons (Fsp3) is 0.0667. The summed E-state index contributed by atoms with van der Waals surface area (Å²) in [4.78, 5) is 11.7. The van der Waals surface area contributed by atoms with E-state index >= 15 is 0 Å². The second-order valence-corrected chi connectivity index (χ2v) is 3.84. The van der Waals surface area contributed by atoms with E-state index in [9.17, 15) is 4.79 Å². The topological polar surface area (TPSA) is 54.0 Å². The van der Waals surface area contributed by atoms with Crippen LogP contribution in [0.4, 0.5) is 0 Å². The Labute approximate surface area is 105 Å². The fourth-order valence-corrected chi connectivity index (χ4v) is 1.49. The van der Waals surface area contributed by atoms with E-state index in [1.807, 2.05) is 6.07 Å². The van der Waals surface area contributed by atoms with E-state index in [4.69, 9.17) is 9.68 Å². The summed E-state index contributed by atoms with van der Waals surface area (Å²) in [6, 6.07) is 12.4. The van der Waals surface area contributed by atoms with Crippen LogP contribution in [0.15, 0.2) is 46.9 Å². The molecule has 3 nitrogen and oxygen atoms in total. The van der Waals surface area contributed by atoms with Crippen LogP contribution in [-0.2, 0) is 0 Å². The molecule has 0 saturated heterocycles. The number of hydrogen-bond acceptors (Lipinski definition) is 3. The molecule has 0 spiro atoms. The van der Waals surface area contributed by atoms with Crippen molar-refractivity contribution in [2.24, 2.45) is 0 Å². The molecule has 18 heavy (non-hydrogen) atoms. The Morgan fingerprint density at radius 1 is 1.22 bits per heavy atom. The average Bonchev–Trinajstić information content (AvgIpc) is 2.83. The highest BCUT2D eigenvalue weighted by Gasteiger charge is 2.05. The number of carbonyl (C=O) groups is 1. The van der Waals surface area contributed by atoms with Gasteiger partial charge in [0.2, 0.25) is 5.78 Å². The van der Waals surface area contributed by atoms with Gasteiger partial charge in [0.05, 0.1) is 11.6 Å². The number of benzene rings is 1. The summed E-state index contributed by atoms with van der Waals surface area (Å²) in [5.41, 5.74) is 1.46. The first-order chi connectivity index (χ1) is 8.69. The van der Waals surface area contributed by atoms with Gasteiger partial charge in [-0.15, -0.1) is 0 Å². The zero-order chi connectivity index (χ0) is 13.0. The number of allylic oxidation sites excluding steroid dienone is 1. The summed E-state index contributed by atoms with van der Waals surface area (Å²) >= 11 is 0. The molecule has 0 aliphatic carbocycles. The third kappa shape index (κ3) is 2.74. The molecule has 0 fully saturated rings. The number of aryl methyl sites for hydroxylation is 1. The minimum atomic E-state index is -0.174.